The molecule has 0 bridgehead atoms. The fourth-order valence-electron chi connectivity index (χ4n) is 4.01. The summed E-state index contributed by atoms with van der Waals surface area (Å²) in [5, 5.41) is 10.7. The number of nitrogens with two attached hydrogens (primary N) is 1. The standard InChI is InChI=1S/C19H29N5O3/c1-12(20)11-27-17-5-7-24(18(17)26)15-4-6-23(10-16(15)25)19-21-8-14(9-22-19)13-2-3-13/h8-9,12-13,15-17,25H,2-7,10-11,20H2,1H3. The molecule has 0 spiro atoms. The van der Waals surface area contributed by atoms with E-state index in [2.05, 4.69) is 9.97 Å². The lowest BCUT2D eigenvalue weighted by atomic mass is 10.0. The van der Waals surface area contributed by atoms with E-state index >= 15 is 0 Å². The van der Waals surface area contributed by atoms with Crippen LogP contribution in [0.15, 0.2) is 12.4 Å². The molecule has 2 saturated heterocycles. The Morgan fingerprint density at radius 3 is 2.63 bits per heavy atom. The van der Waals surface area contributed by atoms with Gasteiger partial charge in [0.2, 0.25) is 5.95 Å². The van der Waals surface area contributed by atoms with E-state index in [0.717, 1.165) is 6.54 Å². The molecule has 27 heavy (non-hydrogen) atoms. The number of aliphatic hydroxyl groups excluding tert-OH is 1. The Hall–Kier alpha value is -1.77. The Morgan fingerprint density at radius 2 is 2.00 bits per heavy atom. The van der Waals surface area contributed by atoms with Crippen molar-refractivity contribution in [2.45, 2.75) is 62.8 Å². The number of β-amino-alcohol motifs (C(OH)–C–C–N with tert-alkyl or cyclic N) is 1. The number of rotatable bonds is 6. The summed E-state index contributed by atoms with van der Waals surface area (Å²) in [6.07, 6.45) is 6.56. The van der Waals surface area contributed by atoms with Gasteiger partial charge in [0.1, 0.15) is 6.10 Å². The highest BCUT2D eigenvalue weighted by Gasteiger charge is 2.41. The molecule has 8 heteroatoms. The van der Waals surface area contributed by atoms with Crippen LogP contribution in [0.2, 0.25) is 0 Å². The van der Waals surface area contributed by atoms with Gasteiger partial charge in [0.05, 0.1) is 18.8 Å². The molecule has 1 aromatic heterocycles. The van der Waals surface area contributed by atoms with Gasteiger partial charge < -0.3 is 25.4 Å². The summed E-state index contributed by atoms with van der Waals surface area (Å²) in [6.45, 7) is 4.01. The first-order valence-corrected chi connectivity index (χ1v) is 9.95. The molecule has 2 aliphatic heterocycles. The Balaban J connectivity index is 1.34. The van der Waals surface area contributed by atoms with Crippen LogP contribution >= 0.6 is 0 Å². The third-order valence-electron chi connectivity index (χ3n) is 5.69. The van der Waals surface area contributed by atoms with Gasteiger partial charge in [-0.1, -0.05) is 0 Å². The zero-order valence-electron chi connectivity index (χ0n) is 15.8. The second kappa shape index (κ2) is 7.69. The first kappa shape index (κ1) is 18.6. The van der Waals surface area contributed by atoms with Gasteiger partial charge in [-0.25, -0.2) is 9.97 Å². The zero-order valence-corrected chi connectivity index (χ0v) is 15.8. The first-order chi connectivity index (χ1) is 13.0. The third-order valence-corrected chi connectivity index (χ3v) is 5.69. The number of hydrogen-bond donors (Lipinski definition) is 2. The van der Waals surface area contributed by atoms with Crippen molar-refractivity contribution in [2.24, 2.45) is 5.73 Å². The van der Waals surface area contributed by atoms with Gasteiger partial charge in [-0.15, -0.1) is 0 Å². The Bertz CT molecular complexity index is 664. The normalized spacial score (nSPS) is 30.0. The molecule has 3 fully saturated rings. The SMILES string of the molecule is CC(N)COC1CCN(C2CCN(c3ncc(C4CC4)cn3)CC2O)C1=O. The monoisotopic (exact) mass is 375 g/mol. The van der Waals surface area contributed by atoms with Crippen molar-refractivity contribution in [3.63, 3.8) is 0 Å². The Kier molecular flexibility index (Phi) is 5.29. The number of anilines is 1. The van der Waals surface area contributed by atoms with Crippen molar-refractivity contribution < 1.29 is 14.6 Å². The summed E-state index contributed by atoms with van der Waals surface area (Å²) in [7, 11) is 0. The first-order valence-electron chi connectivity index (χ1n) is 9.95. The number of piperidine rings is 1. The van der Waals surface area contributed by atoms with Gasteiger partial charge in [0, 0.05) is 44.5 Å². The molecule has 4 unspecified atom stereocenters. The third kappa shape index (κ3) is 4.07. The molecule has 8 nitrogen and oxygen atoms in total. The lowest BCUT2D eigenvalue weighted by Gasteiger charge is -2.40. The highest BCUT2D eigenvalue weighted by molar-refractivity contribution is 5.83. The van der Waals surface area contributed by atoms with Crippen LogP contribution in [0.25, 0.3) is 0 Å². The lowest BCUT2D eigenvalue weighted by molar-refractivity contribution is -0.141. The largest absolute Gasteiger partial charge is 0.389 e. The quantitative estimate of drug-likeness (QED) is 0.735. The van der Waals surface area contributed by atoms with Crippen LogP contribution in [0, 0.1) is 0 Å². The molecule has 3 N–H and O–H groups in total. The smallest absolute Gasteiger partial charge is 0.252 e. The molecule has 4 rings (SSSR count). The predicted molar refractivity (Wildman–Crippen MR) is 100 cm³/mol. The number of ether oxygens (including phenoxy) is 1. The molecular formula is C19H29N5O3. The highest BCUT2D eigenvalue weighted by Crippen LogP contribution is 2.39. The molecule has 148 valence electrons. The molecule has 0 radical (unpaired) electrons. The number of nitrogens with zero attached hydrogens (tertiary/aromatic N) is 4. The van der Waals surface area contributed by atoms with Crippen molar-refractivity contribution >= 4 is 11.9 Å². The van der Waals surface area contributed by atoms with Crippen molar-refractivity contribution in [1.82, 2.24) is 14.9 Å². The minimum atomic E-state index is -0.624. The van der Waals surface area contributed by atoms with E-state index in [0.29, 0.717) is 44.4 Å². The van der Waals surface area contributed by atoms with Crippen LogP contribution in [-0.2, 0) is 9.53 Å². The number of carbonyl (C=O) groups is 1. The van der Waals surface area contributed by atoms with E-state index in [1.54, 1.807) is 4.90 Å². The van der Waals surface area contributed by atoms with Crippen LogP contribution in [0.1, 0.15) is 44.1 Å². The van der Waals surface area contributed by atoms with E-state index in [4.69, 9.17) is 10.5 Å². The molecular weight excluding hydrogens is 346 g/mol. The van der Waals surface area contributed by atoms with Crippen molar-refractivity contribution in [1.29, 1.82) is 0 Å². The van der Waals surface area contributed by atoms with Gasteiger partial charge >= 0.3 is 0 Å². The molecule has 1 amide bonds. The molecule has 1 aliphatic carbocycles. The summed E-state index contributed by atoms with van der Waals surface area (Å²) in [5.74, 6) is 1.26. The molecule has 3 aliphatic rings. The van der Waals surface area contributed by atoms with Crippen LogP contribution in [0.3, 0.4) is 0 Å². The number of amides is 1. The maximum absolute atomic E-state index is 12.6. The van der Waals surface area contributed by atoms with Gasteiger partial charge in [0.25, 0.3) is 5.91 Å². The average Bonchev–Trinajstić information content (AvgIpc) is 3.44. The van der Waals surface area contributed by atoms with Crippen molar-refractivity contribution in [3.8, 4) is 0 Å². The molecule has 3 heterocycles. The maximum atomic E-state index is 12.6. The van der Waals surface area contributed by atoms with Crippen LogP contribution in [0.4, 0.5) is 5.95 Å². The topological polar surface area (TPSA) is 105 Å². The van der Waals surface area contributed by atoms with E-state index < -0.39 is 12.2 Å². The second-order valence-corrected chi connectivity index (χ2v) is 8.08. The molecule has 0 aromatic carbocycles. The number of aromatic nitrogens is 2. The van der Waals surface area contributed by atoms with Crippen molar-refractivity contribution in [2.75, 3.05) is 31.1 Å². The van der Waals surface area contributed by atoms with Crippen molar-refractivity contribution in [3.05, 3.63) is 18.0 Å². The fourth-order valence-corrected chi connectivity index (χ4v) is 4.01. The summed E-state index contributed by atoms with van der Waals surface area (Å²) in [5.41, 5.74) is 6.91. The minimum Gasteiger partial charge on any atom is -0.389 e. The van der Waals surface area contributed by atoms with E-state index in [-0.39, 0.29) is 18.0 Å². The summed E-state index contributed by atoms with van der Waals surface area (Å²) in [6, 6.07) is -0.268. The van der Waals surface area contributed by atoms with Gasteiger partial charge in [-0.2, -0.15) is 0 Å². The molecule has 1 saturated carbocycles. The fraction of sp³-hybridized carbons (Fsp3) is 0.737. The number of aliphatic hydroxyl groups is 1. The zero-order chi connectivity index (χ0) is 19.0. The molecule has 4 atom stereocenters. The maximum Gasteiger partial charge on any atom is 0.252 e. The van der Waals surface area contributed by atoms with E-state index in [9.17, 15) is 9.90 Å². The van der Waals surface area contributed by atoms with Crippen LogP contribution in [0.5, 0.6) is 0 Å². The van der Waals surface area contributed by atoms with Crippen LogP contribution < -0.4 is 10.6 Å². The van der Waals surface area contributed by atoms with E-state index in [1.165, 1.54) is 18.4 Å². The number of hydrogen-bond acceptors (Lipinski definition) is 7. The average molecular weight is 375 g/mol. The van der Waals surface area contributed by atoms with Gasteiger partial charge in [-0.3, -0.25) is 4.79 Å². The lowest BCUT2D eigenvalue weighted by Crippen LogP contribution is -2.55. The van der Waals surface area contributed by atoms with Gasteiger partial charge in [0.15, 0.2) is 0 Å². The summed E-state index contributed by atoms with van der Waals surface area (Å²) in [4.78, 5) is 25.4. The number of carbonyl (C=O) groups excluding carboxylic acids is 1. The minimum absolute atomic E-state index is 0.0295. The predicted octanol–water partition coefficient (Wildman–Crippen LogP) is 0.258. The van der Waals surface area contributed by atoms with E-state index in [1.807, 2.05) is 24.2 Å². The number of likely N-dealkylation sites (tertiary alicyclic amines) is 1. The van der Waals surface area contributed by atoms with Crippen LogP contribution in [-0.4, -0.2) is 76.4 Å². The van der Waals surface area contributed by atoms with Gasteiger partial charge in [-0.05, 0) is 37.7 Å². The summed E-state index contributed by atoms with van der Waals surface area (Å²) >= 11 is 0. The Morgan fingerprint density at radius 1 is 1.26 bits per heavy atom. The highest BCUT2D eigenvalue weighted by atomic mass is 16.5. The molecule has 1 aromatic rings. The Labute approximate surface area is 159 Å². The summed E-state index contributed by atoms with van der Waals surface area (Å²) < 4.78 is 5.63. The second-order valence-electron chi connectivity index (χ2n) is 8.08.